The first-order valence-electron chi connectivity index (χ1n) is 10.2. The van der Waals surface area contributed by atoms with Gasteiger partial charge in [-0.15, -0.1) is 0 Å². The molecule has 8 heteroatoms. The molecule has 0 amide bonds. The van der Waals surface area contributed by atoms with Crippen molar-refractivity contribution in [3.63, 3.8) is 0 Å². The lowest BCUT2D eigenvalue weighted by atomic mass is 10.0. The molecule has 5 rings (SSSR count). The molecule has 0 bridgehead atoms. The van der Waals surface area contributed by atoms with Gasteiger partial charge in [0, 0.05) is 37.2 Å². The number of hydrogen-bond donors (Lipinski definition) is 0. The monoisotopic (exact) mass is 486 g/mol. The third kappa shape index (κ3) is 3.90. The Hall–Kier alpha value is -2.58. The van der Waals surface area contributed by atoms with Crippen molar-refractivity contribution in [3.05, 3.63) is 91.8 Å². The quantitative estimate of drug-likeness (QED) is 0.555. The van der Waals surface area contributed by atoms with Gasteiger partial charge >= 0.3 is 5.92 Å². The summed E-state index contributed by atoms with van der Waals surface area (Å²) in [5, 5.41) is 0. The average molecular weight is 487 g/mol. The number of alkyl halides is 2. The van der Waals surface area contributed by atoms with Gasteiger partial charge in [-0.3, -0.25) is 9.69 Å². The molecule has 3 heterocycles. The van der Waals surface area contributed by atoms with Crippen molar-refractivity contribution >= 4 is 21.9 Å². The molecular formula is C23H21BrF2N4O. The number of aromatic nitrogens is 2. The Morgan fingerprint density at radius 2 is 1.68 bits per heavy atom. The van der Waals surface area contributed by atoms with Crippen molar-refractivity contribution in [1.82, 2.24) is 14.5 Å². The van der Waals surface area contributed by atoms with Gasteiger partial charge in [-0.2, -0.15) is 13.8 Å². The zero-order chi connectivity index (χ0) is 21.6. The highest BCUT2D eigenvalue weighted by atomic mass is 79.9. The van der Waals surface area contributed by atoms with Crippen LogP contribution in [0.5, 0.6) is 0 Å². The van der Waals surface area contributed by atoms with E-state index >= 15 is 8.78 Å². The van der Waals surface area contributed by atoms with Gasteiger partial charge in [-0.25, -0.2) is 0 Å². The smallest absolute Gasteiger partial charge is 0.300 e. The fourth-order valence-corrected chi connectivity index (χ4v) is 4.73. The summed E-state index contributed by atoms with van der Waals surface area (Å²) in [5.41, 5.74) is 1.37. The van der Waals surface area contributed by atoms with Crippen LogP contribution in [0.2, 0.25) is 0 Å². The van der Waals surface area contributed by atoms with Crippen molar-refractivity contribution in [3.8, 4) is 0 Å². The van der Waals surface area contributed by atoms with Crippen LogP contribution in [0.4, 0.5) is 14.7 Å². The van der Waals surface area contributed by atoms with E-state index in [1.54, 1.807) is 9.47 Å². The molecule has 0 spiro atoms. The summed E-state index contributed by atoms with van der Waals surface area (Å²) in [7, 11) is 0. The van der Waals surface area contributed by atoms with E-state index in [1.807, 2.05) is 59.5 Å². The highest BCUT2D eigenvalue weighted by molar-refractivity contribution is 9.10. The van der Waals surface area contributed by atoms with Crippen LogP contribution >= 0.6 is 15.9 Å². The molecule has 1 aromatic heterocycles. The van der Waals surface area contributed by atoms with E-state index in [4.69, 9.17) is 0 Å². The molecule has 5 nitrogen and oxygen atoms in total. The van der Waals surface area contributed by atoms with E-state index < -0.39 is 18.0 Å². The van der Waals surface area contributed by atoms with E-state index in [1.165, 1.54) is 0 Å². The standard InChI is InChI=1S/C23H21BrF2N4O/c24-18-8-6-17(7-9-18)13-29-10-11-30-20-19(21(31)27-22(29)30)14-28(15-23(20,25)26)12-16-4-2-1-3-5-16/h1-9H,10-15H2. The second-order valence-electron chi connectivity index (χ2n) is 8.08. The Morgan fingerprint density at radius 1 is 0.968 bits per heavy atom. The number of rotatable bonds is 4. The Kier molecular flexibility index (Phi) is 5.14. The first kappa shape index (κ1) is 20.3. The summed E-state index contributed by atoms with van der Waals surface area (Å²) >= 11 is 3.41. The maximum absolute atomic E-state index is 15.3. The molecule has 0 unspecified atom stereocenters. The number of fused-ring (bicyclic) bond motifs is 3. The molecular weight excluding hydrogens is 466 g/mol. The van der Waals surface area contributed by atoms with Gasteiger partial charge in [0.1, 0.15) is 5.69 Å². The van der Waals surface area contributed by atoms with Crippen molar-refractivity contribution in [2.75, 3.05) is 18.0 Å². The van der Waals surface area contributed by atoms with Gasteiger partial charge in [0.25, 0.3) is 5.56 Å². The molecule has 3 aromatic rings. The summed E-state index contributed by atoms with van der Waals surface area (Å²) in [5.74, 6) is -2.78. The fourth-order valence-electron chi connectivity index (χ4n) is 4.47. The third-order valence-electron chi connectivity index (χ3n) is 5.82. The molecule has 0 atom stereocenters. The van der Waals surface area contributed by atoms with Gasteiger partial charge in [0.15, 0.2) is 0 Å². The Morgan fingerprint density at radius 3 is 2.42 bits per heavy atom. The number of benzene rings is 2. The van der Waals surface area contributed by atoms with Crippen LogP contribution in [0.1, 0.15) is 22.4 Å². The van der Waals surface area contributed by atoms with Gasteiger partial charge in [-0.05, 0) is 23.3 Å². The van der Waals surface area contributed by atoms with Gasteiger partial charge < -0.3 is 9.47 Å². The zero-order valence-corrected chi connectivity index (χ0v) is 18.4. The van der Waals surface area contributed by atoms with E-state index in [9.17, 15) is 4.79 Å². The summed E-state index contributed by atoms with van der Waals surface area (Å²) in [6.45, 7) is 1.60. The summed E-state index contributed by atoms with van der Waals surface area (Å²) in [6, 6.07) is 17.3. The molecule has 0 N–H and O–H groups in total. The number of hydrogen-bond acceptors (Lipinski definition) is 4. The molecule has 2 aliphatic heterocycles. The van der Waals surface area contributed by atoms with Crippen molar-refractivity contribution in [2.45, 2.75) is 32.1 Å². The van der Waals surface area contributed by atoms with Crippen molar-refractivity contribution in [1.29, 1.82) is 0 Å². The fraction of sp³-hybridized carbons (Fsp3) is 0.304. The predicted molar refractivity (Wildman–Crippen MR) is 118 cm³/mol. The Bertz CT molecular complexity index is 1160. The number of anilines is 1. The van der Waals surface area contributed by atoms with Gasteiger partial charge in [0.05, 0.1) is 12.1 Å². The molecule has 0 fully saturated rings. The van der Waals surface area contributed by atoms with Crippen LogP contribution in [0.3, 0.4) is 0 Å². The molecule has 2 aromatic carbocycles. The predicted octanol–water partition coefficient (Wildman–Crippen LogP) is 4.13. The summed E-state index contributed by atoms with van der Waals surface area (Å²) in [6.07, 6.45) is 0. The average Bonchev–Trinajstić information content (AvgIpc) is 3.12. The van der Waals surface area contributed by atoms with E-state index in [0.29, 0.717) is 32.1 Å². The Labute approximate surface area is 187 Å². The molecule has 0 saturated heterocycles. The molecule has 0 saturated carbocycles. The highest BCUT2D eigenvalue weighted by Gasteiger charge is 2.46. The SMILES string of the molecule is O=c1nc2n(c3c1CN(Cc1ccccc1)CC3(F)F)CCN2Cc1ccc(Br)cc1. The van der Waals surface area contributed by atoms with Crippen LogP contribution in [-0.2, 0) is 32.1 Å². The summed E-state index contributed by atoms with van der Waals surface area (Å²) < 4.78 is 33.2. The third-order valence-corrected chi connectivity index (χ3v) is 6.35. The lowest BCUT2D eigenvalue weighted by Crippen LogP contribution is -2.45. The summed E-state index contributed by atoms with van der Waals surface area (Å²) in [4.78, 5) is 20.6. The van der Waals surface area contributed by atoms with Crippen molar-refractivity contribution in [2.24, 2.45) is 0 Å². The number of halogens is 3. The normalized spacial score (nSPS) is 17.5. The molecule has 31 heavy (non-hydrogen) atoms. The largest absolute Gasteiger partial charge is 0.336 e. The second kappa shape index (κ2) is 7.84. The van der Waals surface area contributed by atoms with E-state index in [-0.39, 0.29) is 17.8 Å². The number of nitrogens with zero attached hydrogens (tertiary/aromatic N) is 4. The topological polar surface area (TPSA) is 41.4 Å². The molecule has 160 valence electrons. The minimum absolute atomic E-state index is 0.112. The van der Waals surface area contributed by atoms with Crippen LogP contribution in [0, 0.1) is 0 Å². The maximum atomic E-state index is 15.3. The molecule has 0 radical (unpaired) electrons. The first-order chi connectivity index (χ1) is 14.9. The van der Waals surface area contributed by atoms with E-state index in [2.05, 4.69) is 20.9 Å². The highest BCUT2D eigenvalue weighted by Crippen LogP contribution is 2.38. The zero-order valence-electron chi connectivity index (χ0n) is 16.8. The van der Waals surface area contributed by atoms with Gasteiger partial charge in [-0.1, -0.05) is 58.4 Å². The minimum Gasteiger partial charge on any atom is -0.336 e. The Balaban J connectivity index is 1.47. The minimum atomic E-state index is -3.12. The lowest BCUT2D eigenvalue weighted by molar-refractivity contribution is -0.0621. The van der Waals surface area contributed by atoms with Crippen molar-refractivity contribution < 1.29 is 8.78 Å². The lowest BCUT2D eigenvalue weighted by Gasteiger charge is -2.35. The van der Waals surface area contributed by atoms with Crippen LogP contribution in [0.25, 0.3) is 0 Å². The van der Waals surface area contributed by atoms with E-state index in [0.717, 1.165) is 15.6 Å². The van der Waals surface area contributed by atoms with Crippen LogP contribution in [-0.4, -0.2) is 27.5 Å². The first-order valence-corrected chi connectivity index (χ1v) is 11.0. The van der Waals surface area contributed by atoms with Gasteiger partial charge in [0.2, 0.25) is 5.95 Å². The van der Waals surface area contributed by atoms with Crippen LogP contribution < -0.4 is 10.5 Å². The molecule has 0 aliphatic carbocycles. The second-order valence-corrected chi connectivity index (χ2v) is 8.99. The molecule has 2 aliphatic rings. The van der Waals surface area contributed by atoms with Crippen LogP contribution in [0.15, 0.2) is 63.9 Å². The maximum Gasteiger partial charge on any atom is 0.300 e.